The summed E-state index contributed by atoms with van der Waals surface area (Å²) in [6.07, 6.45) is 0.609. The minimum Gasteiger partial charge on any atom is -0.456 e. The number of rotatable bonds is 3. The third-order valence-electron chi connectivity index (χ3n) is 4.68. The molecule has 0 spiro atoms. The van der Waals surface area contributed by atoms with E-state index in [0.717, 1.165) is 6.07 Å². The molecule has 29 heavy (non-hydrogen) atoms. The lowest BCUT2D eigenvalue weighted by molar-refractivity contribution is -0.125. The maximum atomic E-state index is 14.6. The van der Waals surface area contributed by atoms with Crippen molar-refractivity contribution < 1.29 is 23.1 Å². The van der Waals surface area contributed by atoms with Crippen LogP contribution in [0.25, 0.3) is 11.3 Å². The van der Waals surface area contributed by atoms with E-state index in [-0.39, 0.29) is 35.8 Å². The second kappa shape index (κ2) is 7.85. The van der Waals surface area contributed by atoms with Crippen LogP contribution in [-0.4, -0.2) is 33.5 Å². The molecule has 1 aromatic carbocycles. The van der Waals surface area contributed by atoms with Gasteiger partial charge in [-0.3, -0.25) is 4.79 Å². The van der Waals surface area contributed by atoms with Crippen molar-refractivity contribution in [2.75, 3.05) is 5.73 Å². The first kappa shape index (κ1) is 20.8. The van der Waals surface area contributed by atoms with Crippen molar-refractivity contribution in [1.82, 2.24) is 9.97 Å². The maximum Gasteiger partial charge on any atom is 0.341 e. The number of ether oxygens (including phenoxy) is 1. The Balaban J connectivity index is 1.90. The molecule has 1 saturated carbocycles. The van der Waals surface area contributed by atoms with Crippen molar-refractivity contribution in [3.63, 3.8) is 0 Å². The van der Waals surface area contributed by atoms with E-state index in [0.29, 0.717) is 17.7 Å². The number of hydrogen-bond donors (Lipinski definition) is 1. The number of benzene rings is 1. The summed E-state index contributed by atoms with van der Waals surface area (Å²) in [4.78, 5) is 32.1. The van der Waals surface area contributed by atoms with Crippen molar-refractivity contribution >= 4 is 17.6 Å². The number of alkyl halides is 1. The number of aromatic nitrogens is 2. The minimum absolute atomic E-state index is 0.0445. The van der Waals surface area contributed by atoms with Crippen LogP contribution in [0.15, 0.2) is 24.4 Å². The van der Waals surface area contributed by atoms with E-state index in [4.69, 9.17) is 10.5 Å². The van der Waals surface area contributed by atoms with Crippen molar-refractivity contribution in [2.45, 2.75) is 57.7 Å². The average Bonchev–Trinajstić information content (AvgIpc) is 2.63. The van der Waals surface area contributed by atoms with Crippen LogP contribution in [0, 0.1) is 5.82 Å². The summed E-state index contributed by atoms with van der Waals surface area (Å²) in [6.45, 7) is 5.08. The Morgan fingerprint density at radius 2 is 2.03 bits per heavy atom. The third kappa shape index (κ3) is 4.75. The number of carbonyl (C=O) groups excluding carboxylic acids is 2. The molecule has 2 atom stereocenters. The van der Waals surface area contributed by atoms with Gasteiger partial charge in [-0.05, 0) is 45.7 Å². The number of nitrogen functional groups attached to an aromatic ring is 1. The van der Waals surface area contributed by atoms with E-state index < -0.39 is 29.3 Å². The van der Waals surface area contributed by atoms with Crippen molar-refractivity contribution in [3.8, 4) is 11.3 Å². The fraction of sp³-hybridized carbons (Fsp3) is 0.429. The molecule has 0 saturated heterocycles. The molecule has 1 aliphatic carbocycles. The topological polar surface area (TPSA) is 95.2 Å². The molecule has 1 aliphatic rings. The van der Waals surface area contributed by atoms with Gasteiger partial charge in [-0.1, -0.05) is 6.07 Å². The van der Waals surface area contributed by atoms with Crippen LogP contribution >= 0.6 is 0 Å². The predicted molar refractivity (Wildman–Crippen MR) is 104 cm³/mol. The van der Waals surface area contributed by atoms with Crippen molar-refractivity contribution in [3.05, 3.63) is 41.5 Å². The maximum absolute atomic E-state index is 14.6. The molecule has 3 rings (SSSR count). The van der Waals surface area contributed by atoms with Gasteiger partial charge in [-0.25, -0.2) is 23.5 Å². The number of nitrogens with two attached hydrogens (primary N) is 1. The summed E-state index contributed by atoms with van der Waals surface area (Å²) in [5.74, 6) is -2.11. The highest BCUT2D eigenvalue weighted by molar-refractivity contribution is 5.91. The number of ketones is 1. The number of Topliss-reactive ketones (excluding diaryl/α,β-unsaturated/α-hetero) is 1. The van der Waals surface area contributed by atoms with Gasteiger partial charge in [-0.15, -0.1) is 0 Å². The molecule has 8 heteroatoms. The predicted octanol–water partition coefficient (Wildman–Crippen LogP) is 3.99. The van der Waals surface area contributed by atoms with E-state index in [1.165, 1.54) is 18.3 Å². The Morgan fingerprint density at radius 3 is 2.66 bits per heavy atom. The lowest BCUT2D eigenvalue weighted by Gasteiger charge is -2.23. The van der Waals surface area contributed by atoms with Gasteiger partial charge in [0.25, 0.3) is 0 Å². The number of esters is 1. The molecule has 2 N–H and O–H groups in total. The molecule has 0 unspecified atom stereocenters. The SMILES string of the molecule is CC(C)(C)OC(=O)c1ccc(-c2nc([C@H]3CCC(=O)[C@@H](F)C3)cnc2N)cc1F. The zero-order valence-electron chi connectivity index (χ0n) is 16.5. The Bertz CT molecular complexity index is 957. The summed E-state index contributed by atoms with van der Waals surface area (Å²) in [5, 5.41) is 0. The second-order valence-electron chi connectivity index (χ2n) is 8.13. The van der Waals surface area contributed by atoms with Crippen LogP contribution in [0.3, 0.4) is 0 Å². The molecule has 1 heterocycles. The van der Waals surface area contributed by atoms with E-state index in [2.05, 4.69) is 9.97 Å². The molecule has 0 aliphatic heterocycles. The van der Waals surface area contributed by atoms with Gasteiger partial charge in [0.05, 0.1) is 17.5 Å². The highest BCUT2D eigenvalue weighted by Gasteiger charge is 2.30. The van der Waals surface area contributed by atoms with Crippen LogP contribution in [0.2, 0.25) is 0 Å². The molecule has 2 aromatic rings. The van der Waals surface area contributed by atoms with Gasteiger partial charge < -0.3 is 10.5 Å². The zero-order chi connectivity index (χ0) is 21.3. The molecule has 1 aromatic heterocycles. The molecule has 0 radical (unpaired) electrons. The monoisotopic (exact) mass is 403 g/mol. The number of anilines is 1. The Labute approximate surface area is 167 Å². The molecule has 154 valence electrons. The van der Waals surface area contributed by atoms with E-state index in [1.807, 2.05) is 0 Å². The van der Waals surface area contributed by atoms with Gasteiger partial charge in [0.1, 0.15) is 22.9 Å². The zero-order valence-corrected chi connectivity index (χ0v) is 16.5. The normalized spacial score (nSPS) is 19.8. The Hall–Kier alpha value is -2.90. The smallest absolute Gasteiger partial charge is 0.341 e. The fourth-order valence-corrected chi connectivity index (χ4v) is 3.22. The van der Waals surface area contributed by atoms with Gasteiger partial charge in [0, 0.05) is 17.9 Å². The van der Waals surface area contributed by atoms with Gasteiger partial charge in [0.2, 0.25) is 0 Å². The van der Waals surface area contributed by atoms with E-state index >= 15 is 0 Å². The summed E-state index contributed by atoms with van der Waals surface area (Å²) < 4.78 is 33.6. The van der Waals surface area contributed by atoms with Crippen molar-refractivity contribution in [1.29, 1.82) is 0 Å². The summed E-state index contributed by atoms with van der Waals surface area (Å²) in [7, 11) is 0. The van der Waals surface area contributed by atoms with E-state index in [9.17, 15) is 18.4 Å². The van der Waals surface area contributed by atoms with Crippen LogP contribution in [0.1, 0.15) is 62.0 Å². The standard InChI is InChI=1S/C21H23F2N3O3/c1-21(2,3)29-20(28)13-6-4-12(9-14(13)22)18-19(24)25-10-16(26-18)11-5-7-17(27)15(23)8-11/h4,6,9-11,15H,5,7-8H2,1-3H3,(H2,24,25)/t11-,15-/m0/s1. The Morgan fingerprint density at radius 1 is 1.31 bits per heavy atom. The van der Waals surface area contributed by atoms with Gasteiger partial charge in [-0.2, -0.15) is 0 Å². The van der Waals surface area contributed by atoms with E-state index in [1.54, 1.807) is 20.8 Å². The Kier molecular flexibility index (Phi) is 5.64. The highest BCUT2D eigenvalue weighted by atomic mass is 19.1. The first-order valence-electron chi connectivity index (χ1n) is 9.37. The molecule has 0 bridgehead atoms. The minimum atomic E-state index is -1.51. The third-order valence-corrected chi connectivity index (χ3v) is 4.68. The van der Waals surface area contributed by atoms with Crippen LogP contribution in [0.5, 0.6) is 0 Å². The molecule has 0 amide bonds. The lowest BCUT2D eigenvalue weighted by atomic mass is 9.85. The molecular weight excluding hydrogens is 380 g/mol. The highest BCUT2D eigenvalue weighted by Crippen LogP contribution is 2.34. The van der Waals surface area contributed by atoms with Crippen molar-refractivity contribution in [2.24, 2.45) is 0 Å². The number of hydrogen-bond acceptors (Lipinski definition) is 6. The molecule has 6 nitrogen and oxygen atoms in total. The molecule has 1 fully saturated rings. The first-order chi connectivity index (χ1) is 13.5. The first-order valence-corrected chi connectivity index (χ1v) is 9.37. The lowest BCUT2D eigenvalue weighted by Crippen LogP contribution is -2.25. The van der Waals surface area contributed by atoms with Crippen LogP contribution in [0.4, 0.5) is 14.6 Å². The number of halogens is 2. The number of carbonyl (C=O) groups is 2. The summed E-state index contributed by atoms with van der Waals surface area (Å²) in [5.41, 5.74) is 6.05. The van der Waals surface area contributed by atoms with Gasteiger partial charge in [0.15, 0.2) is 12.0 Å². The molecular formula is C21H23F2N3O3. The largest absolute Gasteiger partial charge is 0.456 e. The van der Waals surface area contributed by atoms with Crippen LogP contribution in [-0.2, 0) is 9.53 Å². The fourth-order valence-electron chi connectivity index (χ4n) is 3.22. The second-order valence-corrected chi connectivity index (χ2v) is 8.13. The quantitative estimate of drug-likeness (QED) is 0.779. The number of nitrogens with zero attached hydrogens (tertiary/aromatic N) is 2. The summed E-state index contributed by atoms with van der Waals surface area (Å²) in [6, 6.07) is 3.96. The summed E-state index contributed by atoms with van der Waals surface area (Å²) >= 11 is 0. The average molecular weight is 403 g/mol. The van der Waals surface area contributed by atoms with Gasteiger partial charge >= 0.3 is 5.97 Å². The van der Waals surface area contributed by atoms with Crippen LogP contribution < -0.4 is 5.73 Å².